The highest BCUT2D eigenvalue weighted by molar-refractivity contribution is 7.89. The molecule has 0 aromatic heterocycles. The molecule has 1 amide bonds. The van der Waals surface area contributed by atoms with Gasteiger partial charge >= 0.3 is 0 Å². The second-order valence-electron chi connectivity index (χ2n) is 6.25. The first-order valence-corrected chi connectivity index (χ1v) is 9.91. The minimum absolute atomic E-state index is 0.0299. The number of nitrogens with one attached hydrogen (secondary N) is 1. The third-order valence-electron chi connectivity index (χ3n) is 4.57. The van der Waals surface area contributed by atoms with Gasteiger partial charge in [0, 0.05) is 37.8 Å². The summed E-state index contributed by atoms with van der Waals surface area (Å²) in [5, 5.41) is 20.1. The molecule has 1 aliphatic heterocycles. The fraction of sp³-hybridized carbons (Fsp3) is 0.235. The highest BCUT2D eigenvalue weighted by Gasteiger charge is 2.31. The predicted molar refractivity (Wildman–Crippen MR) is 99.7 cm³/mol. The Morgan fingerprint density at radius 1 is 1.10 bits per heavy atom. The molecule has 0 atom stereocenters. The Kier molecular flexibility index (Phi) is 5.77. The highest BCUT2D eigenvalue weighted by atomic mass is 32.2. The van der Waals surface area contributed by atoms with Crippen LogP contribution in [0.3, 0.4) is 0 Å². The van der Waals surface area contributed by atoms with Crippen LogP contribution in [-0.2, 0) is 10.0 Å². The molecule has 1 heterocycles. The number of anilines is 1. The van der Waals surface area contributed by atoms with Crippen molar-refractivity contribution in [3.8, 4) is 0 Å². The van der Waals surface area contributed by atoms with Crippen LogP contribution in [0.1, 0.15) is 10.4 Å². The Morgan fingerprint density at radius 2 is 1.72 bits per heavy atom. The maximum Gasteiger partial charge on any atom is 0.293 e. The Balaban J connectivity index is 1.79. The first-order chi connectivity index (χ1) is 13.7. The molecular weight excluding hydrogens is 407 g/mol. The molecule has 10 nitrogen and oxygen atoms in total. The summed E-state index contributed by atoms with van der Waals surface area (Å²) in [6.07, 6.45) is 0. The van der Waals surface area contributed by atoms with E-state index in [1.807, 2.05) is 0 Å². The molecule has 12 heteroatoms. The van der Waals surface area contributed by atoms with Gasteiger partial charge in [0.1, 0.15) is 11.5 Å². The van der Waals surface area contributed by atoms with Crippen LogP contribution in [0, 0.1) is 15.9 Å². The van der Waals surface area contributed by atoms with Crippen LogP contribution in [0.2, 0.25) is 0 Å². The fourth-order valence-corrected chi connectivity index (χ4v) is 4.49. The van der Waals surface area contributed by atoms with Crippen LogP contribution in [-0.4, -0.2) is 54.9 Å². The standard InChI is InChI=1S/C17H17FN4O6S/c18-13-2-4-14(5-3-13)29(27,28)21-9-7-20(8-10-21)15-6-1-12(17(23)19-24)11-16(15)22(25)26/h1-6,11,24H,7-10H2,(H,19,23). The lowest BCUT2D eigenvalue weighted by Crippen LogP contribution is -2.48. The van der Waals surface area contributed by atoms with Crippen LogP contribution in [0.15, 0.2) is 47.4 Å². The number of carbonyl (C=O) groups is 1. The molecule has 2 aromatic carbocycles. The average Bonchev–Trinajstić information content (AvgIpc) is 2.73. The molecule has 1 fully saturated rings. The van der Waals surface area contributed by atoms with Crippen molar-refractivity contribution >= 4 is 27.3 Å². The van der Waals surface area contributed by atoms with Crippen molar-refractivity contribution < 1.29 is 27.7 Å². The van der Waals surface area contributed by atoms with Gasteiger partial charge in [-0.1, -0.05) is 0 Å². The van der Waals surface area contributed by atoms with Gasteiger partial charge in [0.05, 0.1) is 9.82 Å². The normalized spacial score (nSPS) is 15.2. The summed E-state index contributed by atoms with van der Waals surface area (Å²) in [4.78, 5) is 23.9. The molecule has 0 radical (unpaired) electrons. The SMILES string of the molecule is O=C(NO)c1ccc(N2CCN(S(=O)(=O)c3ccc(F)cc3)CC2)c([N+](=O)[O-])c1. The number of piperazine rings is 1. The molecule has 29 heavy (non-hydrogen) atoms. The van der Waals surface area contributed by atoms with Gasteiger partial charge in [-0.25, -0.2) is 18.3 Å². The van der Waals surface area contributed by atoms with Crippen LogP contribution >= 0.6 is 0 Å². The Hall–Kier alpha value is -3.09. The highest BCUT2D eigenvalue weighted by Crippen LogP contribution is 2.31. The Bertz CT molecular complexity index is 1040. The number of benzene rings is 2. The third kappa shape index (κ3) is 4.18. The van der Waals surface area contributed by atoms with E-state index in [1.54, 1.807) is 4.90 Å². The van der Waals surface area contributed by atoms with Crippen molar-refractivity contribution in [1.29, 1.82) is 0 Å². The largest absolute Gasteiger partial charge is 0.363 e. The molecule has 2 N–H and O–H groups in total. The Morgan fingerprint density at radius 3 is 2.28 bits per heavy atom. The van der Waals surface area contributed by atoms with E-state index in [1.165, 1.54) is 34.1 Å². The molecule has 0 saturated carbocycles. The van der Waals surface area contributed by atoms with E-state index in [0.29, 0.717) is 0 Å². The van der Waals surface area contributed by atoms with E-state index in [-0.39, 0.29) is 48.0 Å². The topological polar surface area (TPSA) is 133 Å². The van der Waals surface area contributed by atoms with Crippen LogP contribution in [0.5, 0.6) is 0 Å². The van der Waals surface area contributed by atoms with Crippen molar-refractivity contribution in [2.75, 3.05) is 31.1 Å². The molecule has 0 spiro atoms. The molecule has 0 unspecified atom stereocenters. The second-order valence-corrected chi connectivity index (χ2v) is 8.18. The number of carbonyl (C=O) groups excluding carboxylic acids is 1. The average molecular weight is 424 g/mol. The zero-order valence-corrected chi connectivity index (χ0v) is 15.8. The van der Waals surface area contributed by atoms with Gasteiger partial charge in [0.2, 0.25) is 10.0 Å². The first-order valence-electron chi connectivity index (χ1n) is 8.47. The number of halogens is 1. The summed E-state index contributed by atoms with van der Waals surface area (Å²) >= 11 is 0. The quantitative estimate of drug-likeness (QED) is 0.421. The number of nitro benzene ring substituents is 1. The predicted octanol–water partition coefficient (Wildman–Crippen LogP) is 1.36. The second kappa shape index (κ2) is 8.11. The molecule has 2 aromatic rings. The number of hydroxylamine groups is 1. The summed E-state index contributed by atoms with van der Waals surface area (Å²) in [6.45, 7) is 0.533. The van der Waals surface area contributed by atoms with E-state index in [0.717, 1.165) is 18.2 Å². The van der Waals surface area contributed by atoms with Crippen molar-refractivity contribution in [3.05, 3.63) is 64.0 Å². The Labute approximate surface area is 165 Å². The smallest absolute Gasteiger partial charge is 0.293 e. The minimum atomic E-state index is -3.81. The summed E-state index contributed by atoms with van der Waals surface area (Å²) < 4.78 is 39.6. The molecule has 0 aliphatic carbocycles. The van der Waals surface area contributed by atoms with Crippen molar-refractivity contribution in [2.45, 2.75) is 4.90 Å². The van der Waals surface area contributed by atoms with Gasteiger partial charge in [-0.2, -0.15) is 4.31 Å². The van der Waals surface area contributed by atoms with Gasteiger partial charge in [0.15, 0.2) is 0 Å². The first kappa shape index (κ1) is 20.6. The maximum atomic E-state index is 13.1. The van der Waals surface area contributed by atoms with E-state index in [4.69, 9.17) is 5.21 Å². The van der Waals surface area contributed by atoms with Crippen LogP contribution in [0.25, 0.3) is 0 Å². The van der Waals surface area contributed by atoms with Gasteiger partial charge < -0.3 is 4.90 Å². The fourth-order valence-electron chi connectivity index (χ4n) is 3.07. The summed E-state index contributed by atoms with van der Waals surface area (Å²) in [5.74, 6) is -1.42. The summed E-state index contributed by atoms with van der Waals surface area (Å²) in [7, 11) is -3.81. The number of hydrogen-bond acceptors (Lipinski definition) is 7. The number of sulfonamides is 1. The van der Waals surface area contributed by atoms with Crippen molar-refractivity contribution in [1.82, 2.24) is 9.79 Å². The summed E-state index contributed by atoms with van der Waals surface area (Å²) in [6, 6.07) is 8.26. The third-order valence-corrected chi connectivity index (χ3v) is 6.48. The van der Waals surface area contributed by atoms with E-state index in [9.17, 15) is 27.7 Å². The van der Waals surface area contributed by atoms with Gasteiger partial charge in [-0.15, -0.1) is 0 Å². The molecule has 1 aliphatic rings. The zero-order chi connectivity index (χ0) is 21.2. The van der Waals surface area contributed by atoms with Gasteiger partial charge in [0.25, 0.3) is 11.6 Å². The number of amides is 1. The molecule has 1 saturated heterocycles. The van der Waals surface area contributed by atoms with E-state index >= 15 is 0 Å². The molecule has 154 valence electrons. The van der Waals surface area contributed by atoms with Crippen molar-refractivity contribution in [2.24, 2.45) is 0 Å². The van der Waals surface area contributed by atoms with Crippen molar-refractivity contribution in [3.63, 3.8) is 0 Å². The van der Waals surface area contributed by atoms with Crippen LogP contribution in [0.4, 0.5) is 15.8 Å². The summed E-state index contributed by atoms with van der Waals surface area (Å²) in [5.41, 5.74) is 1.24. The maximum absolute atomic E-state index is 13.1. The number of rotatable bonds is 5. The lowest BCUT2D eigenvalue weighted by atomic mass is 10.1. The van der Waals surface area contributed by atoms with Crippen LogP contribution < -0.4 is 10.4 Å². The lowest BCUT2D eigenvalue weighted by molar-refractivity contribution is -0.384. The lowest BCUT2D eigenvalue weighted by Gasteiger charge is -2.35. The molecular formula is C17H17FN4O6S. The monoisotopic (exact) mass is 424 g/mol. The zero-order valence-electron chi connectivity index (χ0n) is 15.0. The number of nitrogens with zero attached hydrogens (tertiary/aromatic N) is 3. The van der Waals surface area contributed by atoms with Gasteiger partial charge in [-0.3, -0.25) is 20.1 Å². The minimum Gasteiger partial charge on any atom is -0.363 e. The molecule has 3 rings (SSSR count). The van der Waals surface area contributed by atoms with E-state index in [2.05, 4.69) is 0 Å². The van der Waals surface area contributed by atoms with E-state index < -0.39 is 26.7 Å². The number of hydrogen-bond donors (Lipinski definition) is 2. The number of nitro groups is 1. The molecule has 0 bridgehead atoms. The van der Waals surface area contributed by atoms with Gasteiger partial charge in [-0.05, 0) is 36.4 Å².